The molecule has 0 saturated carbocycles. The second-order valence-corrected chi connectivity index (χ2v) is 6.60. The van der Waals surface area contributed by atoms with Crippen molar-refractivity contribution in [1.82, 2.24) is 0 Å². The topological polar surface area (TPSA) is 47.3 Å². The molecule has 0 aliphatic rings. The Morgan fingerprint density at radius 1 is 1.22 bits per heavy atom. The first-order chi connectivity index (χ1) is 8.49. The molecular weight excluding hydrogens is 384 g/mol. The minimum Gasteiger partial charge on any atom is -0.422 e. The molecule has 2 rings (SSSR count). The molecule has 1 heterocycles. The van der Waals surface area contributed by atoms with Gasteiger partial charge in [0.1, 0.15) is 10.2 Å². The van der Waals surface area contributed by atoms with Gasteiger partial charge in [0.25, 0.3) is 0 Å². The van der Waals surface area contributed by atoms with Crippen molar-refractivity contribution in [2.45, 2.75) is 4.90 Å². The van der Waals surface area contributed by atoms with Crippen LogP contribution in [0.1, 0.15) is 0 Å². The fourth-order valence-electron chi connectivity index (χ4n) is 1.45. The van der Waals surface area contributed by atoms with Gasteiger partial charge in [-0.25, -0.2) is 4.79 Å². The van der Waals surface area contributed by atoms with Gasteiger partial charge in [-0.1, -0.05) is 28.1 Å². The average Bonchev–Trinajstić information content (AvgIpc) is 2.32. The molecule has 0 aliphatic carbocycles. The standard InChI is InChI=1S/C12H8Br2O3S/c1-18(16)10-6-9(17-12(15)11(10)14)7-3-2-4-8(13)5-7/h2-6H,1H3. The highest BCUT2D eigenvalue weighted by Gasteiger charge is 2.13. The molecule has 1 aromatic carbocycles. The molecule has 0 bridgehead atoms. The lowest BCUT2D eigenvalue weighted by Crippen LogP contribution is -2.05. The molecule has 0 N–H and O–H groups in total. The van der Waals surface area contributed by atoms with Crippen molar-refractivity contribution in [2.75, 3.05) is 6.26 Å². The molecule has 1 unspecified atom stereocenters. The Bertz CT molecular complexity index is 679. The highest BCUT2D eigenvalue weighted by molar-refractivity contribution is 9.10. The summed E-state index contributed by atoms with van der Waals surface area (Å²) >= 11 is 6.44. The van der Waals surface area contributed by atoms with Crippen molar-refractivity contribution in [3.8, 4) is 11.3 Å². The average molecular weight is 392 g/mol. The predicted molar refractivity (Wildman–Crippen MR) is 78.1 cm³/mol. The van der Waals surface area contributed by atoms with Gasteiger partial charge in [0.15, 0.2) is 0 Å². The summed E-state index contributed by atoms with van der Waals surface area (Å²) < 4.78 is 17.8. The SMILES string of the molecule is CS(=O)c1cc(-c2cccc(Br)c2)oc(=O)c1Br. The van der Waals surface area contributed by atoms with E-state index in [1.165, 1.54) is 6.26 Å². The van der Waals surface area contributed by atoms with Crippen LogP contribution in [0, 0.1) is 0 Å². The maximum atomic E-state index is 11.7. The fraction of sp³-hybridized carbons (Fsp3) is 0.0833. The van der Waals surface area contributed by atoms with Gasteiger partial charge in [-0.05, 0) is 34.1 Å². The van der Waals surface area contributed by atoms with E-state index in [2.05, 4.69) is 31.9 Å². The van der Waals surface area contributed by atoms with Crippen LogP contribution >= 0.6 is 31.9 Å². The summed E-state index contributed by atoms with van der Waals surface area (Å²) in [6.07, 6.45) is 1.52. The lowest BCUT2D eigenvalue weighted by molar-refractivity contribution is 0.515. The molecule has 0 aliphatic heterocycles. The van der Waals surface area contributed by atoms with E-state index in [0.29, 0.717) is 10.7 Å². The van der Waals surface area contributed by atoms with Gasteiger partial charge in [0.05, 0.1) is 15.7 Å². The van der Waals surface area contributed by atoms with Crippen molar-refractivity contribution in [1.29, 1.82) is 0 Å². The van der Waals surface area contributed by atoms with Crippen molar-refractivity contribution in [3.63, 3.8) is 0 Å². The number of halogens is 2. The van der Waals surface area contributed by atoms with Gasteiger partial charge >= 0.3 is 5.63 Å². The Labute approximate surface area is 123 Å². The third-order valence-electron chi connectivity index (χ3n) is 2.28. The van der Waals surface area contributed by atoms with E-state index in [1.54, 1.807) is 6.07 Å². The van der Waals surface area contributed by atoms with E-state index >= 15 is 0 Å². The second-order valence-electron chi connectivity index (χ2n) is 3.54. The molecule has 6 heteroatoms. The molecule has 0 saturated heterocycles. The zero-order chi connectivity index (χ0) is 13.3. The maximum Gasteiger partial charge on any atom is 0.351 e. The summed E-state index contributed by atoms with van der Waals surface area (Å²) in [5.41, 5.74) is 0.221. The third-order valence-corrected chi connectivity index (χ3v) is 4.73. The Balaban J connectivity index is 2.66. The minimum absolute atomic E-state index is 0.210. The van der Waals surface area contributed by atoms with Crippen LogP contribution in [0.15, 0.2) is 53.4 Å². The molecule has 1 atom stereocenters. The molecule has 2 aromatic rings. The highest BCUT2D eigenvalue weighted by Crippen LogP contribution is 2.26. The van der Waals surface area contributed by atoms with Crippen LogP contribution in [0.4, 0.5) is 0 Å². The first-order valence-corrected chi connectivity index (χ1v) is 8.06. The summed E-state index contributed by atoms with van der Waals surface area (Å²) in [5.74, 6) is 0.398. The summed E-state index contributed by atoms with van der Waals surface area (Å²) in [4.78, 5) is 12.1. The van der Waals surface area contributed by atoms with E-state index in [4.69, 9.17) is 4.42 Å². The zero-order valence-corrected chi connectivity index (χ0v) is 13.3. The second kappa shape index (κ2) is 5.50. The van der Waals surface area contributed by atoms with Crippen LogP contribution in [0.2, 0.25) is 0 Å². The van der Waals surface area contributed by atoms with E-state index in [-0.39, 0.29) is 4.47 Å². The number of hydrogen-bond donors (Lipinski definition) is 0. The molecule has 3 nitrogen and oxygen atoms in total. The smallest absolute Gasteiger partial charge is 0.351 e. The summed E-state index contributed by atoms with van der Waals surface area (Å²) in [7, 11) is -1.26. The summed E-state index contributed by atoms with van der Waals surface area (Å²) in [5, 5.41) is 0. The van der Waals surface area contributed by atoms with Crippen LogP contribution in [0.5, 0.6) is 0 Å². The van der Waals surface area contributed by atoms with Crippen LogP contribution < -0.4 is 5.63 Å². The molecular formula is C12H8Br2O3S. The van der Waals surface area contributed by atoms with Gasteiger partial charge in [-0.2, -0.15) is 0 Å². The third kappa shape index (κ3) is 2.81. The Morgan fingerprint density at radius 3 is 2.56 bits per heavy atom. The molecule has 0 spiro atoms. The number of benzene rings is 1. The van der Waals surface area contributed by atoms with E-state index < -0.39 is 16.4 Å². The molecule has 1 aromatic heterocycles. The number of hydrogen-bond acceptors (Lipinski definition) is 3. The summed E-state index contributed by atoms with van der Waals surface area (Å²) in [6, 6.07) is 8.97. The Kier molecular flexibility index (Phi) is 4.19. The highest BCUT2D eigenvalue weighted by atomic mass is 79.9. The number of rotatable bonds is 2. The largest absolute Gasteiger partial charge is 0.422 e. The van der Waals surface area contributed by atoms with Crippen LogP contribution in [-0.2, 0) is 10.8 Å². The van der Waals surface area contributed by atoms with Gasteiger partial charge in [0, 0.05) is 16.3 Å². The Morgan fingerprint density at radius 2 is 1.94 bits per heavy atom. The lowest BCUT2D eigenvalue weighted by Gasteiger charge is -2.04. The minimum atomic E-state index is -1.26. The molecule has 0 amide bonds. The quantitative estimate of drug-likeness (QED) is 0.786. The lowest BCUT2D eigenvalue weighted by atomic mass is 10.2. The fourth-order valence-corrected chi connectivity index (χ4v) is 3.34. The van der Waals surface area contributed by atoms with E-state index in [1.807, 2.05) is 24.3 Å². The van der Waals surface area contributed by atoms with Crippen LogP contribution in [0.25, 0.3) is 11.3 Å². The van der Waals surface area contributed by atoms with Crippen LogP contribution in [-0.4, -0.2) is 10.5 Å². The van der Waals surface area contributed by atoms with E-state index in [0.717, 1.165) is 10.0 Å². The van der Waals surface area contributed by atoms with E-state index in [9.17, 15) is 9.00 Å². The molecule has 0 fully saturated rings. The molecule has 0 radical (unpaired) electrons. The predicted octanol–water partition coefficient (Wildman–Crippen LogP) is 3.57. The van der Waals surface area contributed by atoms with Crippen molar-refractivity contribution in [3.05, 3.63) is 49.7 Å². The summed E-state index contributed by atoms with van der Waals surface area (Å²) in [6.45, 7) is 0. The van der Waals surface area contributed by atoms with Crippen molar-refractivity contribution < 1.29 is 8.63 Å². The first-order valence-electron chi connectivity index (χ1n) is 4.92. The maximum absolute atomic E-state index is 11.7. The van der Waals surface area contributed by atoms with Gasteiger partial charge < -0.3 is 4.42 Å². The molecule has 94 valence electrons. The van der Waals surface area contributed by atoms with Gasteiger partial charge in [-0.15, -0.1) is 0 Å². The zero-order valence-electron chi connectivity index (χ0n) is 9.28. The van der Waals surface area contributed by atoms with Crippen molar-refractivity contribution in [2.24, 2.45) is 0 Å². The Hall–Kier alpha value is -0.720. The first kappa shape index (κ1) is 13.7. The van der Waals surface area contributed by atoms with Crippen LogP contribution in [0.3, 0.4) is 0 Å². The normalized spacial score (nSPS) is 12.4. The van der Waals surface area contributed by atoms with Gasteiger partial charge in [-0.3, -0.25) is 4.21 Å². The molecule has 18 heavy (non-hydrogen) atoms. The monoisotopic (exact) mass is 390 g/mol. The van der Waals surface area contributed by atoms with Gasteiger partial charge in [0.2, 0.25) is 0 Å². The van der Waals surface area contributed by atoms with Crippen molar-refractivity contribution >= 4 is 42.7 Å².